The van der Waals surface area contributed by atoms with Crippen LogP contribution in [-0.4, -0.2) is 22.2 Å². The van der Waals surface area contributed by atoms with Crippen LogP contribution in [0.3, 0.4) is 0 Å². The number of aryl methyl sites for hydroxylation is 4. The third-order valence-corrected chi connectivity index (χ3v) is 3.47. The van der Waals surface area contributed by atoms with Crippen LogP contribution < -0.4 is 0 Å². The highest BCUT2D eigenvalue weighted by Crippen LogP contribution is 2.00. The number of carboxylic acid groups (broad SMARTS) is 2. The second kappa shape index (κ2) is 13.6. The molecule has 0 aliphatic carbocycles. The van der Waals surface area contributed by atoms with Gasteiger partial charge < -0.3 is 10.2 Å². The number of hydrogen-bond acceptors (Lipinski definition) is 2. The highest BCUT2D eigenvalue weighted by atomic mass is 16.4. The van der Waals surface area contributed by atoms with E-state index < -0.39 is 11.9 Å². The summed E-state index contributed by atoms with van der Waals surface area (Å²) in [6, 6.07) is 17.0. The Kier molecular flexibility index (Phi) is 12.3. The van der Waals surface area contributed by atoms with E-state index in [1.807, 2.05) is 0 Å². The summed E-state index contributed by atoms with van der Waals surface area (Å²) >= 11 is 0. The normalized spacial score (nSPS) is 9.23. The molecule has 0 aromatic heterocycles. The molecule has 0 saturated heterocycles. The minimum absolute atomic E-state index is 0.0628. The standard InChI is InChI=1S/2C8H10.C6H10O4/c2*1-7-3-5-8(2)6-4-7;7-5(8)3-1-2-4-6(9)10/h2*3-6H,1-2H3;1-4H2,(H,7,8)(H,9,10). The maximum absolute atomic E-state index is 9.90. The van der Waals surface area contributed by atoms with Crippen molar-refractivity contribution in [3.63, 3.8) is 0 Å². The lowest BCUT2D eigenvalue weighted by Crippen LogP contribution is -1.97. The average Bonchev–Trinajstić information content (AvgIpc) is 2.58. The zero-order chi connectivity index (χ0) is 19.9. The van der Waals surface area contributed by atoms with Crippen LogP contribution in [0.5, 0.6) is 0 Å². The second-order valence-corrected chi connectivity index (χ2v) is 6.30. The molecule has 2 aromatic rings. The summed E-state index contributed by atoms with van der Waals surface area (Å²) in [5, 5.41) is 16.3. The summed E-state index contributed by atoms with van der Waals surface area (Å²) in [7, 11) is 0. The summed E-state index contributed by atoms with van der Waals surface area (Å²) in [6.07, 6.45) is 1.02. The average molecular weight is 358 g/mol. The van der Waals surface area contributed by atoms with Crippen LogP contribution in [0.4, 0.5) is 0 Å². The van der Waals surface area contributed by atoms with Crippen LogP contribution in [0.1, 0.15) is 47.9 Å². The van der Waals surface area contributed by atoms with Crippen molar-refractivity contribution in [2.45, 2.75) is 53.4 Å². The van der Waals surface area contributed by atoms with E-state index in [0.29, 0.717) is 12.8 Å². The zero-order valence-electron chi connectivity index (χ0n) is 16.2. The van der Waals surface area contributed by atoms with Gasteiger partial charge >= 0.3 is 11.9 Å². The van der Waals surface area contributed by atoms with Crippen molar-refractivity contribution in [1.82, 2.24) is 0 Å². The van der Waals surface area contributed by atoms with Gasteiger partial charge in [0, 0.05) is 12.8 Å². The molecule has 0 heterocycles. The van der Waals surface area contributed by atoms with Crippen LogP contribution >= 0.6 is 0 Å². The van der Waals surface area contributed by atoms with Gasteiger partial charge in [0.25, 0.3) is 0 Å². The predicted molar refractivity (Wildman–Crippen MR) is 106 cm³/mol. The van der Waals surface area contributed by atoms with Crippen LogP contribution in [0, 0.1) is 27.7 Å². The number of benzene rings is 2. The molecular formula is C22H30O4. The van der Waals surface area contributed by atoms with Crippen LogP contribution in [0.25, 0.3) is 0 Å². The topological polar surface area (TPSA) is 74.6 Å². The van der Waals surface area contributed by atoms with Gasteiger partial charge in [-0.05, 0) is 40.5 Å². The second-order valence-electron chi connectivity index (χ2n) is 6.30. The Hall–Kier alpha value is -2.62. The quantitative estimate of drug-likeness (QED) is 0.709. The fourth-order valence-electron chi connectivity index (χ4n) is 1.83. The van der Waals surface area contributed by atoms with Crippen molar-refractivity contribution in [1.29, 1.82) is 0 Å². The summed E-state index contributed by atoms with van der Waals surface area (Å²) < 4.78 is 0. The Morgan fingerprint density at radius 1 is 0.577 bits per heavy atom. The maximum Gasteiger partial charge on any atom is 0.303 e. The predicted octanol–water partition coefficient (Wildman–Crippen LogP) is 5.32. The fraction of sp³-hybridized carbons (Fsp3) is 0.364. The van der Waals surface area contributed by atoms with E-state index in [1.165, 1.54) is 22.3 Å². The highest BCUT2D eigenvalue weighted by molar-refractivity contribution is 5.67. The van der Waals surface area contributed by atoms with E-state index in [1.54, 1.807) is 0 Å². The fourth-order valence-corrected chi connectivity index (χ4v) is 1.83. The molecule has 0 bridgehead atoms. The van der Waals surface area contributed by atoms with Crippen LogP contribution in [-0.2, 0) is 9.59 Å². The van der Waals surface area contributed by atoms with Crippen molar-refractivity contribution in [2.24, 2.45) is 0 Å². The third kappa shape index (κ3) is 14.9. The molecule has 0 aliphatic rings. The largest absolute Gasteiger partial charge is 0.481 e. The van der Waals surface area contributed by atoms with E-state index in [-0.39, 0.29) is 12.8 Å². The smallest absolute Gasteiger partial charge is 0.303 e. The molecule has 26 heavy (non-hydrogen) atoms. The Balaban J connectivity index is 0.000000363. The molecule has 2 N–H and O–H groups in total. The lowest BCUT2D eigenvalue weighted by molar-refractivity contribution is -0.139. The van der Waals surface area contributed by atoms with Crippen LogP contribution in [0.15, 0.2) is 48.5 Å². The summed E-state index contributed by atoms with van der Waals surface area (Å²) in [5.41, 5.74) is 5.32. The van der Waals surface area contributed by atoms with Gasteiger partial charge in [0.2, 0.25) is 0 Å². The molecule has 2 rings (SSSR count). The molecule has 0 aliphatic heterocycles. The molecule has 4 nitrogen and oxygen atoms in total. The molecule has 0 radical (unpaired) electrons. The monoisotopic (exact) mass is 358 g/mol. The SMILES string of the molecule is Cc1ccc(C)cc1.Cc1ccc(C)cc1.O=C(O)CCCCC(=O)O. The van der Waals surface area contributed by atoms with Gasteiger partial charge in [0.05, 0.1) is 0 Å². The highest BCUT2D eigenvalue weighted by Gasteiger charge is 1.99. The molecule has 2 aromatic carbocycles. The van der Waals surface area contributed by atoms with Gasteiger partial charge in [-0.1, -0.05) is 70.8 Å². The molecule has 0 fully saturated rings. The van der Waals surface area contributed by atoms with Crippen molar-refractivity contribution < 1.29 is 19.8 Å². The summed E-state index contributed by atoms with van der Waals surface area (Å²) in [5.74, 6) is -1.74. The number of aliphatic carboxylic acids is 2. The van der Waals surface area contributed by atoms with E-state index >= 15 is 0 Å². The maximum atomic E-state index is 9.90. The number of hydrogen-bond donors (Lipinski definition) is 2. The molecule has 0 saturated carbocycles. The third-order valence-electron chi connectivity index (χ3n) is 3.47. The first-order chi connectivity index (χ1) is 12.2. The molecule has 0 unspecified atom stereocenters. The minimum atomic E-state index is -0.870. The van der Waals surface area contributed by atoms with Crippen molar-refractivity contribution in [3.8, 4) is 0 Å². The molecule has 0 spiro atoms. The first-order valence-electron chi connectivity index (χ1n) is 8.71. The van der Waals surface area contributed by atoms with E-state index in [0.717, 1.165) is 0 Å². The Bertz CT molecular complexity index is 541. The van der Waals surface area contributed by atoms with Crippen molar-refractivity contribution in [3.05, 3.63) is 70.8 Å². The number of rotatable bonds is 5. The Morgan fingerprint density at radius 3 is 0.923 bits per heavy atom. The number of carboxylic acids is 2. The number of carbonyl (C=O) groups is 2. The lowest BCUT2D eigenvalue weighted by atomic mass is 10.2. The molecule has 142 valence electrons. The zero-order valence-corrected chi connectivity index (χ0v) is 16.2. The molecule has 4 heteroatoms. The lowest BCUT2D eigenvalue weighted by Gasteiger charge is -1.92. The number of unbranched alkanes of at least 4 members (excludes halogenated alkanes) is 1. The first-order valence-corrected chi connectivity index (χ1v) is 8.71. The molecule has 0 amide bonds. The van der Waals surface area contributed by atoms with Gasteiger partial charge in [-0.2, -0.15) is 0 Å². The summed E-state index contributed by atoms with van der Waals surface area (Å²) in [6.45, 7) is 8.39. The minimum Gasteiger partial charge on any atom is -0.481 e. The Labute approximate surface area is 156 Å². The van der Waals surface area contributed by atoms with Gasteiger partial charge in [0.15, 0.2) is 0 Å². The van der Waals surface area contributed by atoms with E-state index in [4.69, 9.17) is 10.2 Å². The van der Waals surface area contributed by atoms with Crippen molar-refractivity contribution in [2.75, 3.05) is 0 Å². The van der Waals surface area contributed by atoms with E-state index in [2.05, 4.69) is 76.2 Å². The molecule has 0 atom stereocenters. The van der Waals surface area contributed by atoms with E-state index in [9.17, 15) is 9.59 Å². The van der Waals surface area contributed by atoms with Crippen LogP contribution in [0.2, 0.25) is 0 Å². The summed E-state index contributed by atoms with van der Waals surface area (Å²) in [4.78, 5) is 19.8. The van der Waals surface area contributed by atoms with Gasteiger partial charge in [-0.3, -0.25) is 9.59 Å². The van der Waals surface area contributed by atoms with Gasteiger partial charge in [-0.25, -0.2) is 0 Å². The molecular weight excluding hydrogens is 328 g/mol. The van der Waals surface area contributed by atoms with Crippen molar-refractivity contribution >= 4 is 11.9 Å². The Morgan fingerprint density at radius 2 is 0.769 bits per heavy atom. The van der Waals surface area contributed by atoms with Gasteiger partial charge in [-0.15, -0.1) is 0 Å². The first kappa shape index (κ1) is 23.4. The van der Waals surface area contributed by atoms with Gasteiger partial charge in [0.1, 0.15) is 0 Å².